The minimum absolute atomic E-state index is 0. The summed E-state index contributed by atoms with van der Waals surface area (Å²) in [5, 5.41) is 6.79. The van der Waals surface area contributed by atoms with Crippen LogP contribution in [0.4, 0.5) is 0 Å². The largest absolute Gasteiger partial charge is 0.356 e. The molecule has 0 aliphatic carbocycles. The molecule has 0 fully saturated rings. The standard InChI is InChI=1S/C18H26N4S.HI/c1-5-17-21-16(13-23-17)10-11-20-18(19-3)22(4)12-15-9-7-6-8-14(15)2;/h6-9,13H,5,10-12H2,1-4H3,(H,19,20);1H. The van der Waals surface area contributed by atoms with Crippen LogP contribution in [-0.4, -0.2) is 36.5 Å². The molecule has 0 bridgehead atoms. The molecule has 1 aromatic carbocycles. The molecule has 0 saturated heterocycles. The van der Waals surface area contributed by atoms with E-state index in [2.05, 4.69) is 70.7 Å². The maximum atomic E-state index is 4.60. The molecule has 0 radical (unpaired) electrons. The van der Waals surface area contributed by atoms with Crippen LogP contribution in [0.2, 0.25) is 0 Å². The average molecular weight is 458 g/mol. The van der Waals surface area contributed by atoms with Crippen molar-refractivity contribution in [3.63, 3.8) is 0 Å². The van der Waals surface area contributed by atoms with E-state index in [4.69, 9.17) is 0 Å². The Morgan fingerprint density at radius 2 is 2.08 bits per heavy atom. The molecule has 4 nitrogen and oxygen atoms in total. The van der Waals surface area contributed by atoms with Gasteiger partial charge in [-0.25, -0.2) is 4.98 Å². The first-order chi connectivity index (χ1) is 11.1. The molecule has 1 N–H and O–H groups in total. The summed E-state index contributed by atoms with van der Waals surface area (Å²) in [5.41, 5.74) is 3.80. The predicted molar refractivity (Wildman–Crippen MR) is 115 cm³/mol. The van der Waals surface area contributed by atoms with E-state index in [1.165, 1.54) is 16.1 Å². The van der Waals surface area contributed by atoms with E-state index in [1.807, 2.05) is 7.05 Å². The number of aryl methyl sites for hydroxylation is 2. The lowest BCUT2D eigenvalue weighted by Crippen LogP contribution is -2.39. The predicted octanol–water partition coefficient (Wildman–Crippen LogP) is 3.88. The number of nitrogens with one attached hydrogen (secondary N) is 1. The van der Waals surface area contributed by atoms with Crippen LogP contribution >= 0.6 is 35.3 Å². The van der Waals surface area contributed by atoms with E-state index >= 15 is 0 Å². The number of thiazole rings is 1. The van der Waals surface area contributed by atoms with E-state index in [-0.39, 0.29) is 24.0 Å². The third-order valence-corrected chi connectivity index (χ3v) is 4.85. The fourth-order valence-electron chi connectivity index (χ4n) is 2.43. The minimum atomic E-state index is 0. The van der Waals surface area contributed by atoms with Crippen LogP contribution in [0, 0.1) is 6.92 Å². The Morgan fingerprint density at radius 1 is 1.33 bits per heavy atom. The summed E-state index contributed by atoms with van der Waals surface area (Å²) in [6, 6.07) is 8.47. The van der Waals surface area contributed by atoms with Crippen molar-refractivity contribution in [1.82, 2.24) is 15.2 Å². The van der Waals surface area contributed by atoms with E-state index in [0.29, 0.717) is 0 Å². The lowest BCUT2D eigenvalue weighted by Gasteiger charge is -2.23. The van der Waals surface area contributed by atoms with E-state index in [1.54, 1.807) is 11.3 Å². The molecule has 0 unspecified atom stereocenters. The van der Waals surface area contributed by atoms with Crippen molar-refractivity contribution in [3.8, 4) is 0 Å². The van der Waals surface area contributed by atoms with Crippen LogP contribution in [0.1, 0.15) is 28.8 Å². The van der Waals surface area contributed by atoms with Crippen LogP contribution in [0.25, 0.3) is 0 Å². The smallest absolute Gasteiger partial charge is 0.193 e. The number of halogens is 1. The Balaban J connectivity index is 0.00000288. The minimum Gasteiger partial charge on any atom is -0.356 e. The average Bonchev–Trinajstić information content (AvgIpc) is 3.01. The molecule has 24 heavy (non-hydrogen) atoms. The Kier molecular flexibility index (Phi) is 9.28. The molecule has 132 valence electrons. The van der Waals surface area contributed by atoms with Gasteiger partial charge in [0.25, 0.3) is 0 Å². The van der Waals surface area contributed by atoms with Crippen molar-refractivity contribution in [3.05, 3.63) is 51.5 Å². The zero-order valence-electron chi connectivity index (χ0n) is 14.9. The topological polar surface area (TPSA) is 40.5 Å². The number of hydrogen-bond acceptors (Lipinski definition) is 3. The Morgan fingerprint density at radius 3 is 2.71 bits per heavy atom. The number of aliphatic imine (C=N–C) groups is 1. The van der Waals surface area contributed by atoms with Gasteiger partial charge in [-0.15, -0.1) is 35.3 Å². The zero-order chi connectivity index (χ0) is 16.7. The van der Waals surface area contributed by atoms with Gasteiger partial charge in [-0.2, -0.15) is 0 Å². The van der Waals surface area contributed by atoms with Crippen LogP contribution in [-0.2, 0) is 19.4 Å². The van der Waals surface area contributed by atoms with Crippen LogP contribution in [0.3, 0.4) is 0 Å². The van der Waals surface area contributed by atoms with E-state index < -0.39 is 0 Å². The number of guanidine groups is 1. The first kappa shape index (κ1) is 20.9. The van der Waals surface area contributed by atoms with Crippen LogP contribution in [0.15, 0.2) is 34.6 Å². The first-order valence-electron chi connectivity index (χ1n) is 8.03. The summed E-state index contributed by atoms with van der Waals surface area (Å²) in [7, 11) is 3.90. The molecule has 6 heteroatoms. The van der Waals surface area contributed by atoms with Crippen molar-refractivity contribution in [2.75, 3.05) is 20.6 Å². The molecule has 1 aromatic heterocycles. The van der Waals surface area contributed by atoms with Crippen molar-refractivity contribution < 1.29 is 0 Å². The van der Waals surface area contributed by atoms with Crippen molar-refractivity contribution >= 4 is 41.3 Å². The maximum Gasteiger partial charge on any atom is 0.193 e. The fraction of sp³-hybridized carbons (Fsp3) is 0.444. The summed E-state index contributed by atoms with van der Waals surface area (Å²) in [6.45, 7) is 5.98. The van der Waals surface area contributed by atoms with Gasteiger partial charge in [-0.1, -0.05) is 31.2 Å². The lowest BCUT2D eigenvalue weighted by molar-refractivity contribution is 0.476. The fourth-order valence-corrected chi connectivity index (χ4v) is 3.21. The summed E-state index contributed by atoms with van der Waals surface area (Å²) >= 11 is 1.74. The third kappa shape index (κ3) is 6.05. The molecular weight excluding hydrogens is 431 g/mol. The monoisotopic (exact) mass is 458 g/mol. The molecular formula is C18H27IN4S. The molecule has 0 atom stereocenters. The highest BCUT2D eigenvalue weighted by Crippen LogP contribution is 2.11. The van der Waals surface area contributed by atoms with Crippen LogP contribution < -0.4 is 5.32 Å². The molecule has 0 aliphatic rings. The summed E-state index contributed by atoms with van der Waals surface area (Å²) < 4.78 is 0. The second kappa shape index (κ2) is 10.7. The van der Waals surface area contributed by atoms with Crippen molar-refractivity contribution in [1.29, 1.82) is 0 Å². The Bertz CT molecular complexity index is 654. The Hall–Kier alpha value is -1.15. The summed E-state index contributed by atoms with van der Waals surface area (Å²) in [4.78, 5) is 11.1. The van der Waals surface area contributed by atoms with Crippen LogP contribution in [0.5, 0.6) is 0 Å². The van der Waals surface area contributed by atoms with Gasteiger partial charge in [-0.05, 0) is 24.5 Å². The summed E-state index contributed by atoms with van der Waals surface area (Å²) in [5.74, 6) is 0.916. The van der Waals surface area contributed by atoms with Gasteiger partial charge < -0.3 is 10.2 Å². The number of nitrogens with zero attached hydrogens (tertiary/aromatic N) is 3. The highest BCUT2D eigenvalue weighted by atomic mass is 127. The van der Waals surface area contributed by atoms with Gasteiger partial charge >= 0.3 is 0 Å². The van der Waals surface area contributed by atoms with E-state index in [0.717, 1.165) is 37.6 Å². The number of rotatable bonds is 6. The van der Waals surface area contributed by atoms with Crippen molar-refractivity contribution in [2.24, 2.45) is 4.99 Å². The highest BCUT2D eigenvalue weighted by Gasteiger charge is 2.08. The van der Waals surface area contributed by atoms with Gasteiger partial charge in [0, 0.05) is 39.0 Å². The quantitative estimate of drug-likeness (QED) is 0.406. The first-order valence-corrected chi connectivity index (χ1v) is 8.91. The second-order valence-corrected chi connectivity index (χ2v) is 6.54. The van der Waals surface area contributed by atoms with Gasteiger partial charge in [0.1, 0.15) is 0 Å². The van der Waals surface area contributed by atoms with Gasteiger partial charge in [0.15, 0.2) is 5.96 Å². The normalized spacial score (nSPS) is 11.1. The molecule has 0 spiro atoms. The molecule has 0 aliphatic heterocycles. The van der Waals surface area contributed by atoms with Gasteiger partial charge in [0.2, 0.25) is 0 Å². The van der Waals surface area contributed by atoms with Crippen molar-refractivity contribution in [2.45, 2.75) is 33.2 Å². The zero-order valence-corrected chi connectivity index (χ0v) is 18.0. The summed E-state index contributed by atoms with van der Waals surface area (Å²) in [6.07, 6.45) is 1.94. The molecule has 0 amide bonds. The maximum absolute atomic E-state index is 4.60. The Labute approximate surface area is 166 Å². The van der Waals surface area contributed by atoms with Gasteiger partial charge in [0.05, 0.1) is 10.7 Å². The number of benzene rings is 1. The highest BCUT2D eigenvalue weighted by molar-refractivity contribution is 14.0. The SMILES string of the molecule is CCc1nc(CCNC(=NC)N(C)Cc2ccccc2C)cs1.I. The van der Waals surface area contributed by atoms with E-state index in [9.17, 15) is 0 Å². The molecule has 2 rings (SSSR count). The molecule has 1 heterocycles. The third-order valence-electron chi connectivity index (χ3n) is 3.81. The molecule has 0 saturated carbocycles. The lowest BCUT2D eigenvalue weighted by atomic mass is 10.1. The number of aromatic nitrogens is 1. The molecule has 2 aromatic rings. The number of hydrogen-bond donors (Lipinski definition) is 1. The second-order valence-electron chi connectivity index (χ2n) is 5.59. The van der Waals surface area contributed by atoms with Gasteiger partial charge in [-0.3, -0.25) is 4.99 Å².